The lowest BCUT2D eigenvalue weighted by Crippen LogP contribution is -2.11. The molecule has 1 unspecified atom stereocenters. The summed E-state index contributed by atoms with van der Waals surface area (Å²) in [5, 5.41) is 8.48. The van der Waals surface area contributed by atoms with Gasteiger partial charge in [0.2, 0.25) is 0 Å². The normalized spacial score (nSPS) is 15.2. The first-order valence-corrected chi connectivity index (χ1v) is 5.12. The van der Waals surface area contributed by atoms with Crippen molar-refractivity contribution in [3.63, 3.8) is 0 Å². The smallest absolute Gasteiger partial charge is 0.397 e. The van der Waals surface area contributed by atoms with Crippen LogP contribution < -0.4 is 0 Å². The molecule has 0 saturated heterocycles. The van der Waals surface area contributed by atoms with Crippen LogP contribution in [0.3, 0.4) is 0 Å². The van der Waals surface area contributed by atoms with Crippen LogP contribution in [0.4, 0.5) is 0 Å². The molecule has 0 aromatic carbocycles. The van der Waals surface area contributed by atoms with Gasteiger partial charge in [-0.1, -0.05) is 13.0 Å². The van der Waals surface area contributed by atoms with Crippen molar-refractivity contribution in [1.29, 1.82) is 0 Å². The Labute approximate surface area is 82.1 Å². The predicted molar refractivity (Wildman–Crippen MR) is 48.1 cm³/mol. The molecule has 1 atom stereocenters. The molecule has 0 aliphatic carbocycles. The molecule has 0 aliphatic heterocycles. The van der Waals surface area contributed by atoms with Gasteiger partial charge in [-0.3, -0.25) is 4.55 Å². The third-order valence-electron chi connectivity index (χ3n) is 1.35. The van der Waals surface area contributed by atoms with Gasteiger partial charge in [0.25, 0.3) is 0 Å². The highest BCUT2D eigenvalue weighted by Crippen LogP contribution is 2.05. The number of carbonyl (C=O) groups is 1. The van der Waals surface area contributed by atoms with Crippen molar-refractivity contribution in [2.45, 2.75) is 13.8 Å². The highest BCUT2D eigenvalue weighted by molar-refractivity contribution is 7.80. The van der Waals surface area contributed by atoms with Crippen LogP contribution in [0.25, 0.3) is 0 Å². The number of carboxylic acid groups (broad SMARTS) is 1. The Morgan fingerprint density at radius 3 is 2.43 bits per heavy atom. The molecule has 0 rings (SSSR count). The molecule has 0 aromatic heterocycles. The summed E-state index contributed by atoms with van der Waals surface area (Å²) in [6.07, 6.45) is 1.34. The van der Waals surface area contributed by atoms with Gasteiger partial charge in [-0.05, 0) is 12.8 Å². The van der Waals surface area contributed by atoms with Crippen LogP contribution in [0.15, 0.2) is 11.6 Å². The van der Waals surface area contributed by atoms with Crippen molar-refractivity contribution in [2.75, 3.05) is 6.61 Å². The van der Waals surface area contributed by atoms with Crippen LogP contribution in [0.5, 0.6) is 0 Å². The minimum absolute atomic E-state index is 0.0939. The van der Waals surface area contributed by atoms with Gasteiger partial charge in [-0.2, -0.15) is 8.42 Å². The second-order valence-corrected chi connectivity index (χ2v) is 3.94. The molecule has 0 spiro atoms. The Morgan fingerprint density at radius 2 is 2.07 bits per heavy atom. The van der Waals surface area contributed by atoms with E-state index in [0.717, 1.165) is 0 Å². The van der Waals surface area contributed by atoms with Gasteiger partial charge >= 0.3 is 16.4 Å². The van der Waals surface area contributed by atoms with E-state index < -0.39 is 22.3 Å². The third-order valence-corrected chi connectivity index (χ3v) is 1.79. The zero-order chi connectivity index (χ0) is 11.4. The van der Waals surface area contributed by atoms with Gasteiger partial charge in [-0.15, -0.1) is 0 Å². The monoisotopic (exact) mass is 224 g/mol. The van der Waals surface area contributed by atoms with E-state index in [9.17, 15) is 13.2 Å². The van der Waals surface area contributed by atoms with Gasteiger partial charge < -0.3 is 5.11 Å². The number of rotatable bonds is 5. The van der Waals surface area contributed by atoms with Gasteiger partial charge in [0.15, 0.2) is 0 Å². The lowest BCUT2D eigenvalue weighted by atomic mass is 10.1. The van der Waals surface area contributed by atoms with Crippen LogP contribution in [-0.4, -0.2) is 30.7 Å². The fraction of sp³-hybridized carbons (Fsp3) is 0.571. The van der Waals surface area contributed by atoms with Crippen molar-refractivity contribution in [3.05, 3.63) is 11.6 Å². The first kappa shape index (κ1) is 13.1. The zero-order valence-electron chi connectivity index (χ0n) is 7.80. The first-order valence-electron chi connectivity index (χ1n) is 3.76. The summed E-state index contributed by atoms with van der Waals surface area (Å²) in [6.45, 7) is 2.66. The fourth-order valence-corrected chi connectivity index (χ4v) is 1.13. The van der Waals surface area contributed by atoms with E-state index in [1.807, 2.05) is 0 Å². The van der Waals surface area contributed by atoms with E-state index in [-0.39, 0.29) is 12.2 Å². The van der Waals surface area contributed by atoms with E-state index in [1.54, 1.807) is 6.92 Å². The maximum absolute atomic E-state index is 10.4. The molecule has 0 aliphatic rings. The van der Waals surface area contributed by atoms with Crippen molar-refractivity contribution >= 4 is 16.4 Å². The molecular formula is C7H12O6S. The Kier molecular flexibility index (Phi) is 4.75. The summed E-state index contributed by atoms with van der Waals surface area (Å²) in [4.78, 5) is 10.4. The molecule has 2 N–H and O–H groups in total. The van der Waals surface area contributed by atoms with E-state index in [2.05, 4.69) is 4.18 Å². The van der Waals surface area contributed by atoms with E-state index >= 15 is 0 Å². The lowest BCUT2D eigenvalue weighted by Gasteiger charge is -2.05. The van der Waals surface area contributed by atoms with Crippen LogP contribution in [0.2, 0.25) is 0 Å². The van der Waals surface area contributed by atoms with Crippen molar-refractivity contribution in [2.24, 2.45) is 5.92 Å². The summed E-state index contributed by atoms with van der Waals surface area (Å²) in [7, 11) is -4.45. The standard InChI is InChI=1S/C7H12O6S/c1-5(3-6(2)7(8)9)4-13-14(10,11)12/h3,5H,4H2,1-2H3,(H,8,9)(H,10,11,12). The first-order chi connectivity index (χ1) is 6.22. The largest absolute Gasteiger partial charge is 0.478 e. The predicted octanol–water partition coefficient (Wildman–Crippen LogP) is 0.473. The quantitative estimate of drug-likeness (QED) is 0.520. The van der Waals surface area contributed by atoms with E-state index in [0.29, 0.717) is 0 Å². The number of carboxylic acids is 1. The maximum Gasteiger partial charge on any atom is 0.397 e. The molecule has 0 amide bonds. The second-order valence-electron chi connectivity index (χ2n) is 2.84. The Bertz CT molecular complexity index is 328. The van der Waals surface area contributed by atoms with Crippen LogP contribution in [0.1, 0.15) is 13.8 Å². The Balaban J connectivity index is 4.18. The zero-order valence-corrected chi connectivity index (χ0v) is 8.61. The van der Waals surface area contributed by atoms with E-state index in [4.69, 9.17) is 9.66 Å². The summed E-state index contributed by atoms with van der Waals surface area (Å²) in [6, 6.07) is 0. The average molecular weight is 224 g/mol. The van der Waals surface area contributed by atoms with Gasteiger partial charge in [0, 0.05) is 5.57 Å². The van der Waals surface area contributed by atoms with Crippen LogP contribution in [0, 0.1) is 5.92 Å². The number of aliphatic carboxylic acids is 1. The summed E-state index contributed by atoms with van der Waals surface area (Å²) in [5.74, 6) is -1.49. The van der Waals surface area contributed by atoms with Crippen molar-refractivity contribution < 1.29 is 27.1 Å². The molecule has 7 heteroatoms. The molecular weight excluding hydrogens is 212 g/mol. The minimum atomic E-state index is -4.45. The maximum atomic E-state index is 10.4. The van der Waals surface area contributed by atoms with Crippen molar-refractivity contribution in [3.8, 4) is 0 Å². The lowest BCUT2D eigenvalue weighted by molar-refractivity contribution is -0.132. The molecule has 0 fully saturated rings. The summed E-state index contributed by atoms with van der Waals surface area (Å²) >= 11 is 0. The van der Waals surface area contributed by atoms with Crippen LogP contribution in [-0.2, 0) is 19.4 Å². The van der Waals surface area contributed by atoms with Crippen molar-refractivity contribution in [1.82, 2.24) is 0 Å². The topological polar surface area (TPSA) is 101 Å². The SMILES string of the molecule is CC(=CC(C)COS(=O)(=O)O)C(=O)O. The molecule has 0 saturated carbocycles. The molecule has 0 aromatic rings. The number of hydrogen-bond donors (Lipinski definition) is 2. The molecule has 14 heavy (non-hydrogen) atoms. The summed E-state index contributed by atoms with van der Waals surface area (Å²) < 4.78 is 32.6. The third kappa shape index (κ3) is 6.58. The molecule has 82 valence electrons. The Hall–Kier alpha value is -0.920. The molecule has 0 radical (unpaired) electrons. The molecule has 0 bridgehead atoms. The van der Waals surface area contributed by atoms with Crippen LogP contribution >= 0.6 is 0 Å². The fourth-order valence-electron chi connectivity index (χ4n) is 0.739. The van der Waals surface area contributed by atoms with E-state index in [1.165, 1.54) is 13.0 Å². The number of hydrogen-bond acceptors (Lipinski definition) is 4. The summed E-state index contributed by atoms with van der Waals surface area (Å²) in [5.41, 5.74) is 0.0939. The molecule has 6 nitrogen and oxygen atoms in total. The highest BCUT2D eigenvalue weighted by Gasteiger charge is 2.09. The highest BCUT2D eigenvalue weighted by atomic mass is 32.3. The second kappa shape index (κ2) is 5.08. The average Bonchev–Trinajstić information content (AvgIpc) is 1.99. The minimum Gasteiger partial charge on any atom is -0.478 e. The van der Waals surface area contributed by atoms with Gasteiger partial charge in [-0.25, -0.2) is 8.98 Å². The molecule has 0 heterocycles. The van der Waals surface area contributed by atoms with Gasteiger partial charge in [0.1, 0.15) is 0 Å². The Morgan fingerprint density at radius 1 is 1.57 bits per heavy atom. The van der Waals surface area contributed by atoms with Gasteiger partial charge in [0.05, 0.1) is 6.61 Å².